The summed E-state index contributed by atoms with van der Waals surface area (Å²) in [5.41, 5.74) is 2.97. The fourth-order valence-corrected chi connectivity index (χ4v) is 8.49. The standard InChI is InChI=1S/C34H55NO3/c1-4-5-22-35(3)32(38)15-13-11-9-7-6-8-10-12-14-25-23-26-24-27(36)16-17-28(26)29-20-21-34(2)30(33(25)29)18-19-31(34)37/h16-17,24-25,29-31,33,36-37H,4-15,18-23H2,1-3H3/t25-,29-,30+,31+,33-,34+/m1/s1. The summed E-state index contributed by atoms with van der Waals surface area (Å²) in [5.74, 6) is 3.33. The quantitative estimate of drug-likeness (QED) is 0.242. The summed E-state index contributed by atoms with van der Waals surface area (Å²) in [6.45, 7) is 5.44. The van der Waals surface area contributed by atoms with Crippen molar-refractivity contribution < 1.29 is 15.0 Å². The maximum atomic E-state index is 12.2. The minimum Gasteiger partial charge on any atom is -0.508 e. The van der Waals surface area contributed by atoms with Gasteiger partial charge in [0, 0.05) is 20.0 Å². The first-order valence-electron chi connectivity index (χ1n) is 16.1. The summed E-state index contributed by atoms with van der Waals surface area (Å²) in [7, 11) is 1.94. The summed E-state index contributed by atoms with van der Waals surface area (Å²) in [6, 6.07) is 6.12. The minimum atomic E-state index is -0.129. The highest BCUT2D eigenvalue weighted by molar-refractivity contribution is 5.75. The molecule has 214 valence electrons. The number of aromatic hydroxyl groups is 1. The van der Waals surface area contributed by atoms with Crippen LogP contribution in [-0.4, -0.2) is 40.7 Å². The molecule has 0 radical (unpaired) electrons. The zero-order valence-electron chi connectivity index (χ0n) is 24.6. The Morgan fingerprint density at radius 2 is 1.71 bits per heavy atom. The van der Waals surface area contributed by atoms with Crippen molar-refractivity contribution in [2.45, 2.75) is 135 Å². The predicted molar refractivity (Wildman–Crippen MR) is 156 cm³/mol. The summed E-state index contributed by atoms with van der Waals surface area (Å²) in [4.78, 5) is 14.1. The molecule has 3 aliphatic carbocycles. The average Bonchev–Trinajstić information content (AvgIpc) is 3.21. The first kappa shape index (κ1) is 29.4. The first-order chi connectivity index (χ1) is 18.3. The lowest BCUT2D eigenvalue weighted by molar-refractivity contribution is -0.130. The molecule has 0 bridgehead atoms. The van der Waals surface area contributed by atoms with Crippen LogP contribution < -0.4 is 0 Å². The molecule has 1 aromatic rings. The van der Waals surface area contributed by atoms with Gasteiger partial charge in [-0.05, 0) is 104 Å². The molecular weight excluding hydrogens is 470 g/mol. The van der Waals surface area contributed by atoms with Crippen LogP contribution in [0.4, 0.5) is 0 Å². The van der Waals surface area contributed by atoms with Crippen LogP contribution in [0.2, 0.25) is 0 Å². The topological polar surface area (TPSA) is 60.8 Å². The number of phenols is 1. The molecule has 0 spiro atoms. The van der Waals surface area contributed by atoms with Gasteiger partial charge in [0.25, 0.3) is 0 Å². The Labute approximate surface area is 232 Å². The molecule has 38 heavy (non-hydrogen) atoms. The van der Waals surface area contributed by atoms with E-state index >= 15 is 0 Å². The van der Waals surface area contributed by atoms with E-state index in [1.54, 1.807) is 0 Å². The number of unbranched alkanes of at least 4 members (excludes halogenated alkanes) is 8. The van der Waals surface area contributed by atoms with Crippen LogP contribution in [0.3, 0.4) is 0 Å². The van der Waals surface area contributed by atoms with E-state index in [1.807, 2.05) is 24.1 Å². The largest absolute Gasteiger partial charge is 0.508 e. The highest BCUT2D eigenvalue weighted by Crippen LogP contribution is 2.62. The van der Waals surface area contributed by atoms with Crippen molar-refractivity contribution in [3.63, 3.8) is 0 Å². The van der Waals surface area contributed by atoms with E-state index in [-0.39, 0.29) is 11.5 Å². The number of benzene rings is 1. The molecule has 0 unspecified atom stereocenters. The average molecular weight is 526 g/mol. The van der Waals surface area contributed by atoms with Crippen molar-refractivity contribution >= 4 is 5.91 Å². The third-order valence-corrected chi connectivity index (χ3v) is 10.8. The Morgan fingerprint density at radius 1 is 1.00 bits per heavy atom. The monoisotopic (exact) mass is 525 g/mol. The molecule has 0 aliphatic heterocycles. The Balaban J connectivity index is 1.19. The second-order valence-corrected chi connectivity index (χ2v) is 13.3. The molecular formula is C34H55NO3. The van der Waals surface area contributed by atoms with Crippen LogP contribution in [-0.2, 0) is 11.2 Å². The molecule has 4 heteroatoms. The van der Waals surface area contributed by atoms with Gasteiger partial charge in [-0.1, -0.05) is 71.3 Å². The Morgan fingerprint density at radius 3 is 2.45 bits per heavy atom. The summed E-state index contributed by atoms with van der Waals surface area (Å²) in [6.07, 6.45) is 19.7. The van der Waals surface area contributed by atoms with Gasteiger partial charge in [-0.15, -0.1) is 0 Å². The van der Waals surface area contributed by atoms with E-state index in [4.69, 9.17) is 0 Å². The third-order valence-electron chi connectivity index (χ3n) is 10.8. The number of hydrogen-bond donors (Lipinski definition) is 2. The predicted octanol–water partition coefficient (Wildman–Crippen LogP) is 7.99. The Hall–Kier alpha value is -1.55. The van der Waals surface area contributed by atoms with E-state index in [0.29, 0.717) is 41.7 Å². The van der Waals surface area contributed by atoms with E-state index in [9.17, 15) is 15.0 Å². The molecule has 4 nitrogen and oxygen atoms in total. The molecule has 2 N–H and O–H groups in total. The molecule has 0 aromatic heterocycles. The van der Waals surface area contributed by atoms with Crippen LogP contribution in [0.25, 0.3) is 0 Å². The molecule has 3 aliphatic rings. The minimum absolute atomic E-state index is 0.101. The Bertz CT molecular complexity index is 900. The summed E-state index contributed by atoms with van der Waals surface area (Å²) < 4.78 is 0. The smallest absolute Gasteiger partial charge is 0.222 e. The molecule has 2 fully saturated rings. The number of fused-ring (bicyclic) bond motifs is 5. The van der Waals surface area contributed by atoms with Gasteiger partial charge < -0.3 is 15.1 Å². The number of rotatable bonds is 14. The molecule has 6 atom stereocenters. The first-order valence-corrected chi connectivity index (χ1v) is 16.1. The second-order valence-electron chi connectivity index (χ2n) is 13.3. The lowest BCUT2D eigenvalue weighted by Gasteiger charge is -2.53. The number of aliphatic hydroxyl groups is 1. The van der Waals surface area contributed by atoms with Crippen molar-refractivity contribution in [3.05, 3.63) is 29.3 Å². The van der Waals surface area contributed by atoms with Gasteiger partial charge in [-0.2, -0.15) is 0 Å². The van der Waals surface area contributed by atoms with Crippen molar-refractivity contribution in [2.75, 3.05) is 13.6 Å². The summed E-state index contributed by atoms with van der Waals surface area (Å²) in [5, 5.41) is 21.1. The maximum absolute atomic E-state index is 12.2. The third kappa shape index (κ3) is 6.77. The van der Waals surface area contributed by atoms with Crippen LogP contribution in [0.5, 0.6) is 5.75 Å². The number of carbonyl (C=O) groups is 1. The summed E-state index contributed by atoms with van der Waals surface area (Å²) >= 11 is 0. The fourth-order valence-electron chi connectivity index (χ4n) is 8.49. The van der Waals surface area contributed by atoms with E-state index in [1.165, 1.54) is 75.3 Å². The van der Waals surface area contributed by atoms with Gasteiger partial charge in [0.15, 0.2) is 0 Å². The van der Waals surface area contributed by atoms with Gasteiger partial charge in [0.1, 0.15) is 5.75 Å². The highest BCUT2D eigenvalue weighted by atomic mass is 16.3. The number of phenolic OH excluding ortho intramolecular Hbond substituents is 1. The van der Waals surface area contributed by atoms with E-state index in [2.05, 4.69) is 19.9 Å². The SMILES string of the molecule is CCCCN(C)C(=O)CCCCCCCCCC[C@@H]1Cc2cc(O)ccc2[C@H]2CC[C@]3(C)[C@@H](O)CC[C@H]3[C@H]12. The van der Waals surface area contributed by atoms with Gasteiger partial charge in [-0.25, -0.2) is 0 Å². The lowest BCUT2D eigenvalue weighted by atomic mass is 9.52. The van der Waals surface area contributed by atoms with Crippen molar-refractivity contribution in [1.82, 2.24) is 4.90 Å². The van der Waals surface area contributed by atoms with Gasteiger partial charge in [-0.3, -0.25) is 4.79 Å². The number of nitrogens with zero attached hydrogens (tertiary/aromatic N) is 1. The highest BCUT2D eigenvalue weighted by Gasteiger charge is 2.56. The molecule has 0 heterocycles. The van der Waals surface area contributed by atoms with Crippen molar-refractivity contribution in [2.24, 2.45) is 23.2 Å². The number of carbonyl (C=O) groups excluding carboxylic acids is 1. The molecule has 2 saturated carbocycles. The molecule has 4 rings (SSSR count). The Kier molecular flexibility index (Phi) is 10.6. The molecule has 0 saturated heterocycles. The molecule has 1 amide bonds. The normalized spacial score (nSPS) is 29.9. The van der Waals surface area contributed by atoms with Crippen LogP contribution in [0.15, 0.2) is 18.2 Å². The van der Waals surface area contributed by atoms with Crippen LogP contribution >= 0.6 is 0 Å². The van der Waals surface area contributed by atoms with Crippen LogP contribution in [0.1, 0.15) is 134 Å². The second kappa shape index (κ2) is 13.7. The zero-order chi connectivity index (χ0) is 27.1. The molecule has 1 aromatic carbocycles. The van der Waals surface area contributed by atoms with Crippen LogP contribution in [0, 0.1) is 23.2 Å². The lowest BCUT2D eigenvalue weighted by Crippen LogP contribution is -2.47. The van der Waals surface area contributed by atoms with Gasteiger partial charge in [0.05, 0.1) is 6.10 Å². The van der Waals surface area contributed by atoms with E-state index in [0.717, 1.165) is 45.1 Å². The van der Waals surface area contributed by atoms with Crippen molar-refractivity contribution in [1.29, 1.82) is 0 Å². The van der Waals surface area contributed by atoms with Gasteiger partial charge >= 0.3 is 0 Å². The van der Waals surface area contributed by atoms with E-state index < -0.39 is 0 Å². The van der Waals surface area contributed by atoms with Crippen molar-refractivity contribution in [3.8, 4) is 5.75 Å². The number of hydrogen-bond acceptors (Lipinski definition) is 3. The zero-order valence-corrected chi connectivity index (χ0v) is 24.6. The number of amides is 1. The maximum Gasteiger partial charge on any atom is 0.222 e. The fraction of sp³-hybridized carbons (Fsp3) is 0.794. The number of aliphatic hydroxyl groups excluding tert-OH is 1. The van der Waals surface area contributed by atoms with Gasteiger partial charge in [0.2, 0.25) is 5.91 Å².